The van der Waals surface area contributed by atoms with Crippen LogP contribution in [0.5, 0.6) is 0 Å². The molecule has 1 unspecified atom stereocenters. The second-order valence-electron chi connectivity index (χ2n) is 9.06. The molecule has 1 amide bonds. The van der Waals surface area contributed by atoms with Crippen LogP contribution in [-0.2, 0) is 0 Å². The fraction of sp³-hybridized carbons (Fsp3) is 0. The zero-order valence-electron chi connectivity index (χ0n) is 21.4. The van der Waals surface area contributed by atoms with E-state index in [1.807, 2.05) is 78.3 Å². The van der Waals surface area contributed by atoms with Gasteiger partial charge >= 0.3 is 228 Å². The summed E-state index contributed by atoms with van der Waals surface area (Å²) >= 11 is 0.689. The van der Waals surface area contributed by atoms with Gasteiger partial charge in [-0.05, 0) is 0 Å². The zero-order valence-corrected chi connectivity index (χ0v) is 24.3. The van der Waals surface area contributed by atoms with Gasteiger partial charge in [-0.25, -0.2) is 0 Å². The van der Waals surface area contributed by atoms with Crippen molar-refractivity contribution in [1.29, 1.82) is 0 Å². The van der Waals surface area contributed by atoms with Crippen molar-refractivity contribution in [3.63, 3.8) is 0 Å². The number of thiazole rings is 1. The van der Waals surface area contributed by atoms with Gasteiger partial charge in [-0.2, -0.15) is 0 Å². The van der Waals surface area contributed by atoms with Gasteiger partial charge in [0, 0.05) is 0 Å². The van der Waals surface area contributed by atoms with E-state index in [-0.39, 0.29) is 5.91 Å². The summed E-state index contributed by atoms with van der Waals surface area (Å²) in [7, 11) is 0. The number of anilines is 1. The molecule has 0 spiro atoms. The minimum Gasteiger partial charge on any atom is -0.0622 e. The third kappa shape index (κ3) is 5.18. The Bertz CT molecular complexity index is 1980. The summed E-state index contributed by atoms with van der Waals surface area (Å²) in [5, 5.41) is 12.6. The standard InChI is InChI=1S/C30H21AsN8OS/c40-28(19-6-2-1-3-7-19)34-22-10-4-8-20(16-22)26-27(39-14-15-41-30(39)36-26)23-11-13-33-29(35-23)31-25-17-24(37-38-25)21-9-5-12-32-18-21/h1-18,31H,(H,34,40)(H,37,38). The smallest absolute Gasteiger partial charge is 0.0622 e. The first kappa shape index (κ1) is 25.1. The summed E-state index contributed by atoms with van der Waals surface area (Å²) in [6.45, 7) is 0. The van der Waals surface area contributed by atoms with Crippen LogP contribution in [0, 0.1) is 0 Å². The number of aromatic nitrogens is 7. The van der Waals surface area contributed by atoms with E-state index in [0.29, 0.717) is 11.3 Å². The van der Waals surface area contributed by atoms with Crippen LogP contribution in [-0.4, -0.2) is 56.2 Å². The van der Waals surface area contributed by atoms with Crippen LogP contribution in [0.4, 0.5) is 5.69 Å². The van der Waals surface area contributed by atoms with E-state index in [1.165, 1.54) is 0 Å². The number of H-pyrrole nitrogens is 1. The molecule has 11 heteroatoms. The van der Waals surface area contributed by atoms with Crippen molar-refractivity contribution in [2.45, 2.75) is 0 Å². The van der Waals surface area contributed by atoms with E-state index in [1.54, 1.807) is 42.1 Å². The topological polar surface area (TPSA) is 114 Å². The molecule has 0 bridgehead atoms. The van der Waals surface area contributed by atoms with Crippen molar-refractivity contribution < 1.29 is 4.79 Å². The summed E-state index contributed by atoms with van der Waals surface area (Å²) in [5.74, 6) is -0.163. The Morgan fingerprint density at radius 2 is 1.80 bits per heavy atom. The molecule has 198 valence electrons. The molecule has 2 aromatic carbocycles. The van der Waals surface area contributed by atoms with Gasteiger partial charge in [-0.1, -0.05) is 18.2 Å². The number of hydrogen-bond donors (Lipinski definition) is 2. The molecule has 5 aromatic heterocycles. The van der Waals surface area contributed by atoms with Gasteiger partial charge in [-0.3, -0.25) is 0 Å². The molecule has 1 atom stereocenters. The number of nitrogens with zero attached hydrogens (tertiary/aromatic N) is 6. The fourth-order valence-corrected chi connectivity index (χ4v) is 7.04. The second-order valence-corrected chi connectivity index (χ2v) is 12.5. The van der Waals surface area contributed by atoms with Gasteiger partial charge in [0.15, 0.2) is 0 Å². The molecule has 0 aliphatic carbocycles. The maximum absolute atomic E-state index is 12.8. The van der Waals surface area contributed by atoms with Gasteiger partial charge in [0.1, 0.15) is 0 Å². The van der Waals surface area contributed by atoms with Crippen molar-refractivity contribution in [2.75, 3.05) is 5.32 Å². The number of carbonyl (C=O) groups is 1. The van der Waals surface area contributed by atoms with Gasteiger partial charge in [0.2, 0.25) is 0 Å². The summed E-state index contributed by atoms with van der Waals surface area (Å²) in [4.78, 5) is 32.3. The molecular weight excluding hydrogens is 595 g/mol. The summed E-state index contributed by atoms with van der Waals surface area (Å²) < 4.78 is 3.86. The average molecular weight is 617 g/mol. The molecule has 0 saturated heterocycles. The van der Waals surface area contributed by atoms with Gasteiger partial charge in [0.05, 0.1) is 0 Å². The van der Waals surface area contributed by atoms with Crippen LogP contribution in [0.3, 0.4) is 0 Å². The van der Waals surface area contributed by atoms with Crippen molar-refractivity contribution in [3.8, 4) is 33.9 Å². The van der Waals surface area contributed by atoms with Crippen molar-refractivity contribution in [1.82, 2.24) is 34.5 Å². The Morgan fingerprint density at radius 3 is 2.68 bits per heavy atom. The minimum absolute atomic E-state index is 0.163. The Hall–Kier alpha value is -4.92. The number of fused-ring (bicyclic) bond motifs is 1. The van der Waals surface area contributed by atoms with Crippen LogP contribution < -0.4 is 14.4 Å². The molecule has 0 aliphatic rings. The number of rotatable bonds is 7. The minimum atomic E-state index is -0.871. The molecule has 0 saturated carbocycles. The Kier molecular flexibility index (Phi) is 6.68. The van der Waals surface area contributed by atoms with Crippen LogP contribution in [0.2, 0.25) is 0 Å². The van der Waals surface area contributed by atoms with E-state index < -0.39 is 15.8 Å². The molecule has 0 aliphatic heterocycles. The van der Waals surface area contributed by atoms with E-state index >= 15 is 0 Å². The van der Waals surface area contributed by atoms with E-state index in [9.17, 15) is 4.79 Å². The van der Waals surface area contributed by atoms with E-state index in [4.69, 9.17) is 9.97 Å². The Balaban J connectivity index is 1.21. The van der Waals surface area contributed by atoms with Crippen molar-refractivity contribution in [2.24, 2.45) is 0 Å². The number of imidazole rings is 1. The first-order chi connectivity index (χ1) is 20.2. The van der Waals surface area contributed by atoms with Crippen LogP contribution in [0.1, 0.15) is 10.4 Å². The summed E-state index contributed by atoms with van der Waals surface area (Å²) in [6.07, 6.45) is 7.34. The third-order valence-corrected chi connectivity index (χ3v) is 9.21. The van der Waals surface area contributed by atoms with E-state index in [0.717, 1.165) is 48.0 Å². The van der Waals surface area contributed by atoms with Gasteiger partial charge < -0.3 is 0 Å². The van der Waals surface area contributed by atoms with Gasteiger partial charge in [0.25, 0.3) is 0 Å². The first-order valence-electron chi connectivity index (χ1n) is 12.7. The van der Waals surface area contributed by atoms with Crippen LogP contribution in [0.15, 0.2) is 109 Å². The Morgan fingerprint density at radius 1 is 0.902 bits per heavy atom. The molecule has 41 heavy (non-hydrogen) atoms. The summed E-state index contributed by atoms with van der Waals surface area (Å²) in [5.41, 5.74) is 6.44. The molecule has 2 N–H and O–H groups in total. The van der Waals surface area contributed by atoms with E-state index in [2.05, 4.69) is 29.9 Å². The van der Waals surface area contributed by atoms with Crippen LogP contribution >= 0.6 is 11.3 Å². The quantitative estimate of drug-likeness (QED) is 0.263. The number of aromatic amines is 1. The summed E-state index contributed by atoms with van der Waals surface area (Å²) in [6, 6.07) is 24.7. The van der Waals surface area contributed by atoms with Crippen LogP contribution in [0.25, 0.3) is 38.9 Å². The molecular formula is C30H21AsN8OS. The molecule has 0 radical (unpaired) electrons. The third-order valence-electron chi connectivity index (χ3n) is 6.37. The Labute approximate surface area is 245 Å². The predicted molar refractivity (Wildman–Crippen MR) is 162 cm³/mol. The number of carbonyl (C=O) groups excluding carboxylic acids is 1. The zero-order chi connectivity index (χ0) is 27.6. The number of benzene rings is 2. The molecule has 0 fully saturated rings. The maximum atomic E-state index is 12.8. The number of amides is 1. The monoisotopic (exact) mass is 616 g/mol. The molecule has 9 nitrogen and oxygen atoms in total. The number of hydrogen-bond acceptors (Lipinski definition) is 7. The van der Waals surface area contributed by atoms with Crippen molar-refractivity contribution in [3.05, 3.63) is 115 Å². The normalized spacial score (nSPS) is 11.4. The molecule has 7 rings (SSSR count). The SMILES string of the molecule is O=C(Nc1cccc(-c2nc3sccn3c2-c2ccnc([AsH]c3cc(-c4cccnc4)n[nH]3)n2)c1)c1ccccc1. The molecule has 7 aromatic rings. The first-order valence-corrected chi connectivity index (χ1v) is 15.7. The second kappa shape index (κ2) is 10.9. The molecule has 5 heterocycles. The predicted octanol–water partition coefficient (Wildman–Crippen LogP) is 3.94. The number of pyridine rings is 1. The van der Waals surface area contributed by atoms with Gasteiger partial charge in [-0.15, -0.1) is 0 Å². The van der Waals surface area contributed by atoms with Crippen molar-refractivity contribution >= 4 is 52.7 Å². The number of nitrogens with one attached hydrogen (secondary N) is 2. The fourth-order valence-electron chi connectivity index (χ4n) is 4.49. The average Bonchev–Trinajstić information content (AvgIpc) is 3.75.